The minimum absolute atomic E-state index is 0.108. The molecular formula is C11H14BrFN2. The molecule has 82 valence electrons. The first-order valence-electron chi connectivity index (χ1n) is 5.13. The third-order valence-corrected chi connectivity index (χ3v) is 3.40. The molecule has 1 fully saturated rings. The van der Waals surface area contributed by atoms with Gasteiger partial charge in [-0.2, -0.15) is 9.49 Å². The predicted octanol–water partition coefficient (Wildman–Crippen LogP) is 3.55. The summed E-state index contributed by atoms with van der Waals surface area (Å²) in [5.41, 5.74) is 1.45. The topological polar surface area (TPSA) is 25.8 Å². The van der Waals surface area contributed by atoms with Gasteiger partial charge in [-0.1, -0.05) is 20.8 Å². The molecule has 0 aliphatic heterocycles. The Hall–Kier alpha value is -0.510. The van der Waals surface area contributed by atoms with Gasteiger partial charge in [0.1, 0.15) is 0 Å². The van der Waals surface area contributed by atoms with E-state index in [1.807, 2.05) is 0 Å². The maximum absolute atomic E-state index is 13.5. The Kier molecular flexibility index (Phi) is 2.57. The van der Waals surface area contributed by atoms with Crippen LogP contribution in [0.4, 0.5) is 4.39 Å². The van der Waals surface area contributed by atoms with E-state index in [1.165, 1.54) is 0 Å². The van der Waals surface area contributed by atoms with Crippen molar-refractivity contribution in [2.24, 2.45) is 0 Å². The lowest BCUT2D eigenvalue weighted by Gasteiger charge is -2.20. The highest BCUT2D eigenvalue weighted by Gasteiger charge is 2.33. The van der Waals surface area contributed by atoms with E-state index < -0.39 is 5.95 Å². The lowest BCUT2D eigenvalue weighted by atomic mass is 9.91. The Bertz CT molecular complexity index is 394. The summed E-state index contributed by atoms with van der Waals surface area (Å²) in [4.78, 5) is 0. The minimum Gasteiger partial charge on any atom is -0.183 e. The Balaban J connectivity index is 2.55. The van der Waals surface area contributed by atoms with Gasteiger partial charge in [0.05, 0.1) is 5.69 Å². The smallest absolute Gasteiger partial charge is 0.183 e. The fourth-order valence-corrected chi connectivity index (χ4v) is 2.77. The summed E-state index contributed by atoms with van der Waals surface area (Å²) < 4.78 is 14.3. The second kappa shape index (κ2) is 3.51. The fourth-order valence-electron chi connectivity index (χ4n) is 1.61. The van der Waals surface area contributed by atoms with Gasteiger partial charge in [0, 0.05) is 15.5 Å². The van der Waals surface area contributed by atoms with E-state index in [2.05, 4.69) is 46.9 Å². The maximum atomic E-state index is 13.5. The number of hydrogen-bond donors (Lipinski definition) is 0. The minimum atomic E-state index is -0.419. The normalized spacial score (nSPS) is 16.9. The average molecular weight is 273 g/mol. The summed E-state index contributed by atoms with van der Waals surface area (Å²) in [6, 6.07) is 0. The van der Waals surface area contributed by atoms with Gasteiger partial charge in [0.15, 0.2) is 0 Å². The molecule has 0 unspecified atom stereocenters. The molecule has 2 nitrogen and oxygen atoms in total. The summed E-state index contributed by atoms with van der Waals surface area (Å²) in [6.07, 6.45) is 2.12. The van der Waals surface area contributed by atoms with Crippen molar-refractivity contribution in [2.45, 2.75) is 44.9 Å². The molecule has 1 aliphatic carbocycles. The number of halogens is 2. The molecule has 15 heavy (non-hydrogen) atoms. The van der Waals surface area contributed by atoms with Crippen LogP contribution in [0.2, 0.25) is 0 Å². The van der Waals surface area contributed by atoms with Crippen LogP contribution in [0.25, 0.3) is 0 Å². The monoisotopic (exact) mass is 272 g/mol. The van der Waals surface area contributed by atoms with Gasteiger partial charge in [-0.25, -0.2) is 0 Å². The average Bonchev–Trinajstić information content (AvgIpc) is 2.85. The van der Waals surface area contributed by atoms with Crippen LogP contribution < -0.4 is 0 Å². The zero-order valence-electron chi connectivity index (χ0n) is 9.14. The van der Waals surface area contributed by atoms with Gasteiger partial charge >= 0.3 is 0 Å². The first-order chi connectivity index (χ1) is 6.91. The van der Waals surface area contributed by atoms with Crippen LogP contribution in [0.3, 0.4) is 0 Å². The third kappa shape index (κ3) is 2.05. The molecule has 1 aromatic heterocycles. The van der Waals surface area contributed by atoms with E-state index in [9.17, 15) is 4.39 Å². The van der Waals surface area contributed by atoms with Gasteiger partial charge < -0.3 is 0 Å². The molecule has 1 aliphatic rings. The van der Waals surface area contributed by atoms with Crippen molar-refractivity contribution >= 4 is 15.9 Å². The zero-order chi connectivity index (χ0) is 11.2. The first-order valence-corrected chi connectivity index (χ1v) is 5.92. The summed E-state index contributed by atoms with van der Waals surface area (Å²) >= 11 is 3.47. The highest BCUT2D eigenvalue weighted by Crippen LogP contribution is 2.45. The van der Waals surface area contributed by atoms with E-state index in [0.29, 0.717) is 5.92 Å². The van der Waals surface area contributed by atoms with Crippen LogP contribution in [-0.4, -0.2) is 10.2 Å². The van der Waals surface area contributed by atoms with E-state index >= 15 is 0 Å². The van der Waals surface area contributed by atoms with Crippen LogP contribution in [0, 0.1) is 5.95 Å². The predicted molar refractivity (Wildman–Crippen MR) is 60.4 cm³/mol. The van der Waals surface area contributed by atoms with Crippen LogP contribution in [0.1, 0.15) is 50.8 Å². The largest absolute Gasteiger partial charge is 0.237 e. The Morgan fingerprint density at radius 2 is 1.87 bits per heavy atom. The molecule has 2 rings (SSSR count). The lowest BCUT2D eigenvalue weighted by molar-refractivity contribution is 0.504. The van der Waals surface area contributed by atoms with Crippen LogP contribution in [0.5, 0.6) is 0 Å². The van der Waals surface area contributed by atoms with Gasteiger partial charge in [-0.15, -0.1) is 5.10 Å². The summed E-state index contributed by atoms with van der Waals surface area (Å²) in [6.45, 7) is 6.16. The van der Waals surface area contributed by atoms with Crippen molar-refractivity contribution in [3.63, 3.8) is 0 Å². The highest BCUT2D eigenvalue weighted by atomic mass is 79.9. The molecule has 0 bridgehead atoms. The van der Waals surface area contributed by atoms with E-state index in [0.717, 1.165) is 28.6 Å². The molecule has 0 spiro atoms. The van der Waals surface area contributed by atoms with Crippen molar-refractivity contribution < 1.29 is 4.39 Å². The lowest BCUT2D eigenvalue weighted by Crippen LogP contribution is -2.17. The molecule has 1 heterocycles. The van der Waals surface area contributed by atoms with Gasteiger partial charge in [-0.05, 0) is 34.7 Å². The molecule has 0 N–H and O–H groups in total. The molecule has 4 heteroatoms. The maximum Gasteiger partial charge on any atom is 0.237 e. The quantitative estimate of drug-likeness (QED) is 0.782. The molecule has 0 aromatic carbocycles. The molecule has 0 radical (unpaired) electrons. The van der Waals surface area contributed by atoms with Crippen molar-refractivity contribution in [1.29, 1.82) is 0 Å². The fraction of sp³-hybridized carbons (Fsp3) is 0.636. The van der Waals surface area contributed by atoms with Crippen molar-refractivity contribution in [3.8, 4) is 0 Å². The van der Waals surface area contributed by atoms with E-state index in [1.54, 1.807) is 0 Å². The molecule has 1 saturated carbocycles. The summed E-state index contributed by atoms with van der Waals surface area (Å²) in [5.74, 6) is -0.0756. The summed E-state index contributed by atoms with van der Waals surface area (Å²) in [5, 5.41) is 7.57. The molecule has 1 aromatic rings. The van der Waals surface area contributed by atoms with Gasteiger partial charge in [0.25, 0.3) is 0 Å². The van der Waals surface area contributed by atoms with Crippen LogP contribution >= 0.6 is 15.9 Å². The second-order valence-corrected chi connectivity index (χ2v) is 5.88. The Morgan fingerprint density at radius 3 is 2.33 bits per heavy atom. The van der Waals surface area contributed by atoms with Crippen LogP contribution in [-0.2, 0) is 5.41 Å². The molecule has 0 atom stereocenters. The standard InChI is InChI=1S/C11H14BrFN2/c1-11(2,3)9-8(12)7(6-4-5-6)10(13)15-14-9/h6H,4-5H2,1-3H3. The Morgan fingerprint density at radius 1 is 1.27 bits per heavy atom. The van der Waals surface area contributed by atoms with Crippen LogP contribution in [0.15, 0.2) is 4.47 Å². The number of aromatic nitrogens is 2. The molecule has 0 amide bonds. The molecular weight excluding hydrogens is 259 g/mol. The number of nitrogens with zero attached hydrogens (tertiary/aromatic N) is 2. The van der Waals surface area contributed by atoms with E-state index in [-0.39, 0.29) is 5.41 Å². The van der Waals surface area contributed by atoms with Gasteiger partial charge in [-0.3, -0.25) is 0 Å². The summed E-state index contributed by atoms with van der Waals surface area (Å²) in [7, 11) is 0. The second-order valence-electron chi connectivity index (χ2n) is 5.09. The zero-order valence-corrected chi connectivity index (χ0v) is 10.7. The Labute approximate surface area is 97.4 Å². The van der Waals surface area contributed by atoms with Crippen molar-refractivity contribution in [2.75, 3.05) is 0 Å². The number of rotatable bonds is 1. The first kappa shape index (κ1) is 11.0. The van der Waals surface area contributed by atoms with Crippen molar-refractivity contribution in [3.05, 3.63) is 21.7 Å². The number of hydrogen-bond acceptors (Lipinski definition) is 2. The van der Waals surface area contributed by atoms with E-state index in [4.69, 9.17) is 0 Å². The van der Waals surface area contributed by atoms with Crippen molar-refractivity contribution in [1.82, 2.24) is 10.2 Å². The third-order valence-electron chi connectivity index (χ3n) is 2.60. The highest BCUT2D eigenvalue weighted by molar-refractivity contribution is 9.10. The molecule has 0 saturated heterocycles. The van der Waals surface area contributed by atoms with Gasteiger partial charge in [0.2, 0.25) is 5.95 Å². The SMILES string of the molecule is CC(C)(C)c1nnc(F)c(C2CC2)c1Br.